The van der Waals surface area contributed by atoms with E-state index in [0.717, 1.165) is 13.0 Å². The Bertz CT molecular complexity index is 360. The van der Waals surface area contributed by atoms with E-state index in [1.165, 1.54) is 5.57 Å². The Hall–Kier alpha value is -0.810. The summed E-state index contributed by atoms with van der Waals surface area (Å²) in [5.41, 5.74) is 7.16. The molecule has 0 aromatic rings. The van der Waals surface area contributed by atoms with Crippen molar-refractivity contribution in [2.45, 2.75) is 61.3 Å². The second-order valence-electron chi connectivity index (χ2n) is 7.75. The number of nitrogens with zero attached hydrogens (tertiary/aromatic N) is 1. The average Bonchev–Trinajstić information content (AvgIpc) is 2.33. The smallest absolute Gasteiger partial charge is 0.0625 e. The maximum absolute atomic E-state index is 9.22. The minimum absolute atomic E-state index is 0.0600. The third-order valence-corrected chi connectivity index (χ3v) is 5.62. The maximum Gasteiger partial charge on any atom is 0.0625 e. The highest BCUT2D eigenvalue weighted by Crippen LogP contribution is 2.52. The summed E-state index contributed by atoms with van der Waals surface area (Å²) in [6.45, 7) is 20.5. The Labute approximate surface area is 126 Å². The molecule has 0 aliphatic carbocycles. The Morgan fingerprint density at radius 2 is 1.75 bits per heavy atom. The minimum atomic E-state index is 0.0600. The van der Waals surface area contributed by atoms with Crippen molar-refractivity contribution in [3.8, 4) is 6.07 Å². The molecule has 0 aromatic carbocycles. The second-order valence-corrected chi connectivity index (χ2v) is 7.75. The van der Waals surface area contributed by atoms with Gasteiger partial charge in [0.05, 0.1) is 6.07 Å². The van der Waals surface area contributed by atoms with Crippen LogP contribution in [0.1, 0.15) is 61.3 Å². The number of hydrogen-bond acceptors (Lipinski definition) is 2. The Morgan fingerprint density at radius 3 is 2.10 bits per heavy atom. The topological polar surface area (TPSA) is 49.8 Å². The van der Waals surface area contributed by atoms with Crippen LogP contribution >= 0.6 is 0 Å². The summed E-state index contributed by atoms with van der Waals surface area (Å²) in [7, 11) is 0. The third-order valence-electron chi connectivity index (χ3n) is 5.62. The number of hydrogen-bond donors (Lipinski definition) is 1. The van der Waals surface area contributed by atoms with Gasteiger partial charge in [-0.25, -0.2) is 0 Å². The zero-order valence-electron chi connectivity index (χ0n) is 14.6. The molecule has 0 rings (SSSR count). The molecule has 0 aromatic heterocycles. The summed E-state index contributed by atoms with van der Waals surface area (Å²) in [4.78, 5) is 0. The minimum Gasteiger partial charge on any atom is -0.330 e. The molecule has 0 radical (unpaired) electrons. The van der Waals surface area contributed by atoms with Gasteiger partial charge in [-0.1, -0.05) is 53.7 Å². The third kappa shape index (κ3) is 4.35. The Balaban J connectivity index is 5.40. The second kappa shape index (κ2) is 7.27. The van der Waals surface area contributed by atoms with Crippen LogP contribution in [-0.4, -0.2) is 6.54 Å². The SMILES string of the molecule is C=C(C)C(C)C(CC#N)C(C)(C)C(C)(C)CC(C)CN. The van der Waals surface area contributed by atoms with E-state index in [9.17, 15) is 5.26 Å². The van der Waals surface area contributed by atoms with Crippen molar-refractivity contribution in [1.82, 2.24) is 0 Å². The first-order chi connectivity index (χ1) is 9.01. The molecule has 20 heavy (non-hydrogen) atoms. The maximum atomic E-state index is 9.22. The molecular weight excluding hydrogens is 244 g/mol. The van der Waals surface area contributed by atoms with Crippen LogP contribution in [0, 0.1) is 39.9 Å². The van der Waals surface area contributed by atoms with Gasteiger partial charge in [0.15, 0.2) is 0 Å². The quantitative estimate of drug-likeness (QED) is 0.650. The normalized spacial score (nSPS) is 17.1. The molecule has 3 unspecified atom stereocenters. The van der Waals surface area contributed by atoms with Gasteiger partial charge in [-0.05, 0) is 48.5 Å². The molecule has 3 atom stereocenters. The van der Waals surface area contributed by atoms with Crippen molar-refractivity contribution >= 4 is 0 Å². The van der Waals surface area contributed by atoms with Crippen LogP contribution in [0.25, 0.3) is 0 Å². The number of allylic oxidation sites excluding steroid dienone is 1. The van der Waals surface area contributed by atoms with E-state index < -0.39 is 0 Å². The first kappa shape index (κ1) is 19.2. The van der Waals surface area contributed by atoms with Crippen LogP contribution in [0.15, 0.2) is 12.2 Å². The predicted molar refractivity (Wildman–Crippen MR) is 88.1 cm³/mol. The summed E-state index contributed by atoms with van der Waals surface area (Å²) >= 11 is 0. The lowest BCUT2D eigenvalue weighted by atomic mass is 9.55. The van der Waals surface area contributed by atoms with E-state index >= 15 is 0 Å². The lowest BCUT2D eigenvalue weighted by Crippen LogP contribution is -2.43. The molecule has 0 bridgehead atoms. The van der Waals surface area contributed by atoms with E-state index in [4.69, 9.17) is 5.73 Å². The summed E-state index contributed by atoms with van der Waals surface area (Å²) in [6.07, 6.45) is 1.67. The van der Waals surface area contributed by atoms with Crippen LogP contribution in [0.2, 0.25) is 0 Å². The lowest BCUT2D eigenvalue weighted by molar-refractivity contribution is 0.00413. The van der Waals surface area contributed by atoms with Crippen molar-refractivity contribution < 1.29 is 0 Å². The standard InChI is InChI=1S/C18H34N2/c1-13(2)15(4)16(9-10-19)18(7,8)17(5,6)11-14(3)12-20/h14-16H,1,9,11-12,20H2,2-8H3. The molecule has 0 saturated heterocycles. The van der Waals surface area contributed by atoms with E-state index in [1.807, 2.05) is 0 Å². The van der Waals surface area contributed by atoms with Gasteiger partial charge in [0, 0.05) is 6.42 Å². The van der Waals surface area contributed by atoms with Crippen molar-refractivity contribution in [1.29, 1.82) is 5.26 Å². The van der Waals surface area contributed by atoms with E-state index in [-0.39, 0.29) is 10.8 Å². The number of rotatable bonds is 8. The molecule has 0 heterocycles. The molecule has 0 aliphatic heterocycles. The fourth-order valence-corrected chi connectivity index (χ4v) is 3.22. The van der Waals surface area contributed by atoms with Gasteiger partial charge in [-0.15, -0.1) is 0 Å². The summed E-state index contributed by atoms with van der Waals surface area (Å²) in [6, 6.07) is 2.38. The first-order valence-corrected chi connectivity index (χ1v) is 7.73. The van der Waals surface area contributed by atoms with E-state index in [2.05, 4.69) is 61.1 Å². The molecule has 2 N–H and O–H groups in total. The molecule has 0 saturated carbocycles. The van der Waals surface area contributed by atoms with Crippen molar-refractivity contribution in [3.63, 3.8) is 0 Å². The monoisotopic (exact) mass is 278 g/mol. The summed E-state index contributed by atoms with van der Waals surface area (Å²) in [5, 5.41) is 9.22. The van der Waals surface area contributed by atoms with Crippen molar-refractivity contribution in [2.24, 2.45) is 34.3 Å². The average molecular weight is 278 g/mol. The van der Waals surface area contributed by atoms with Crippen molar-refractivity contribution in [3.05, 3.63) is 12.2 Å². The van der Waals surface area contributed by atoms with Crippen LogP contribution in [0.4, 0.5) is 0 Å². The zero-order chi connectivity index (χ0) is 16.1. The fourth-order valence-electron chi connectivity index (χ4n) is 3.22. The van der Waals surface area contributed by atoms with Gasteiger partial charge in [0.2, 0.25) is 0 Å². The zero-order valence-corrected chi connectivity index (χ0v) is 14.6. The van der Waals surface area contributed by atoms with E-state index in [0.29, 0.717) is 24.2 Å². The molecule has 0 aliphatic rings. The fraction of sp³-hybridized carbons (Fsp3) is 0.833. The highest BCUT2D eigenvalue weighted by molar-refractivity contribution is 5.05. The molecule has 0 fully saturated rings. The van der Waals surface area contributed by atoms with Gasteiger partial charge < -0.3 is 5.73 Å². The highest BCUT2D eigenvalue weighted by Gasteiger charge is 2.45. The largest absolute Gasteiger partial charge is 0.330 e. The lowest BCUT2D eigenvalue weighted by Gasteiger charge is -2.50. The predicted octanol–water partition coefficient (Wildman–Crippen LogP) is 4.77. The highest BCUT2D eigenvalue weighted by atomic mass is 14.6. The van der Waals surface area contributed by atoms with Gasteiger partial charge in [0.1, 0.15) is 0 Å². The molecule has 2 nitrogen and oxygen atoms in total. The van der Waals surface area contributed by atoms with Gasteiger partial charge in [-0.3, -0.25) is 0 Å². The van der Waals surface area contributed by atoms with Crippen LogP contribution in [0.3, 0.4) is 0 Å². The molecule has 116 valence electrons. The summed E-state index contributed by atoms with van der Waals surface area (Å²) < 4.78 is 0. The number of nitrogens with two attached hydrogens (primary N) is 1. The van der Waals surface area contributed by atoms with Gasteiger partial charge >= 0.3 is 0 Å². The van der Waals surface area contributed by atoms with Gasteiger partial charge in [0.25, 0.3) is 0 Å². The molecule has 0 amide bonds. The first-order valence-electron chi connectivity index (χ1n) is 7.73. The van der Waals surface area contributed by atoms with Gasteiger partial charge in [-0.2, -0.15) is 5.26 Å². The van der Waals surface area contributed by atoms with Crippen LogP contribution < -0.4 is 5.73 Å². The van der Waals surface area contributed by atoms with Crippen LogP contribution in [0.5, 0.6) is 0 Å². The summed E-state index contributed by atoms with van der Waals surface area (Å²) in [5.74, 6) is 1.19. The molecule has 0 spiro atoms. The molecule has 2 heteroatoms. The van der Waals surface area contributed by atoms with Crippen LogP contribution in [-0.2, 0) is 0 Å². The van der Waals surface area contributed by atoms with E-state index in [1.54, 1.807) is 0 Å². The Kier molecular flexibility index (Phi) is 6.98. The number of nitriles is 1. The molecular formula is C18H34N2. The van der Waals surface area contributed by atoms with Crippen molar-refractivity contribution in [2.75, 3.05) is 6.54 Å². The Morgan fingerprint density at radius 1 is 1.25 bits per heavy atom.